The van der Waals surface area contributed by atoms with Gasteiger partial charge in [-0.15, -0.1) is 0 Å². The van der Waals surface area contributed by atoms with Crippen LogP contribution >= 0.6 is 23.2 Å². The lowest BCUT2D eigenvalue weighted by Crippen LogP contribution is -2.43. The van der Waals surface area contributed by atoms with Gasteiger partial charge in [0.05, 0.1) is 11.6 Å². The monoisotopic (exact) mass is 371 g/mol. The van der Waals surface area contributed by atoms with Crippen LogP contribution in [-0.2, 0) is 0 Å². The summed E-state index contributed by atoms with van der Waals surface area (Å²) in [4.78, 5) is 4.41. The molecule has 0 bridgehead atoms. The van der Waals surface area contributed by atoms with Crippen LogP contribution < -0.4 is 15.4 Å². The van der Waals surface area contributed by atoms with Crippen LogP contribution in [0.3, 0.4) is 0 Å². The topological polar surface area (TPSA) is 65.9 Å². The molecule has 1 aliphatic carbocycles. The van der Waals surface area contributed by atoms with Crippen LogP contribution in [0.4, 0.5) is 0 Å². The first-order valence-corrected chi connectivity index (χ1v) is 8.80. The first-order valence-electron chi connectivity index (χ1n) is 8.04. The van der Waals surface area contributed by atoms with Gasteiger partial charge in [0.15, 0.2) is 5.96 Å². The third-order valence-corrected chi connectivity index (χ3v) is 4.30. The molecular weight excluding hydrogens is 349 g/mol. The summed E-state index contributed by atoms with van der Waals surface area (Å²) in [7, 11) is 0. The number of aliphatic hydroxyl groups is 1. The van der Waals surface area contributed by atoms with E-state index < -0.39 is 6.10 Å². The number of nitrogens with zero attached hydrogens (tertiary/aromatic N) is 1. The van der Waals surface area contributed by atoms with E-state index in [9.17, 15) is 5.11 Å². The molecule has 0 fully saturated rings. The Bertz CT molecular complexity index is 585. The summed E-state index contributed by atoms with van der Waals surface area (Å²) in [6.07, 6.45) is 5.54. The van der Waals surface area contributed by atoms with Crippen molar-refractivity contribution in [3.8, 4) is 5.75 Å². The first-order chi connectivity index (χ1) is 11.6. The molecule has 0 saturated heterocycles. The van der Waals surface area contributed by atoms with Crippen LogP contribution in [0.2, 0.25) is 10.0 Å². The number of rotatable bonds is 7. The molecule has 1 atom stereocenters. The fourth-order valence-electron chi connectivity index (χ4n) is 2.28. The molecule has 0 amide bonds. The second kappa shape index (κ2) is 9.77. The van der Waals surface area contributed by atoms with Crippen LogP contribution in [0.5, 0.6) is 5.75 Å². The smallest absolute Gasteiger partial charge is 0.191 e. The number of aliphatic hydroxyl groups excluding tert-OH is 1. The zero-order chi connectivity index (χ0) is 17.4. The fourth-order valence-corrected chi connectivity index (χ4v) is 2.63. The Morgan fingerprint density at radius 2 is 2.12 bits per heavy atom. The minimum Gasteiger partial charge on any atom is -0.489 e. The van der Waals surface area contributed by atoms with Gasteiger partial charge >= 0.3 is 0 Å². The Morgan fingerprint density at radius 1 is 1.38 bits per heavy atom. The lowest BCUT2D eigenvalue weighted by Gasteiger charge is -2.17. The molecule has 7 heteroatoms. The summed E-state index contributed by atoms with van der Waals surface area (Å²) in [5.74, 6) is 1.15. The van der Waals surface area contributed by atoms with Crippen molar-refractivity contribution in [3.05, 3.63) is 40.4 Å². The van der Waals surface area contributed by atoms with Gasteiger partial charge in [-0.1, -0.05) is 41.4 Å². The maximum Gasteiger partial charge on any atom is 0.191 e. The van der Waals surface area contributed by atoms with E-state index in [1.54, 1.807) is 18.2 Å². The molecule has 0 aliphatic heterocycles. The number of hydrogen-bond donors (Lipinski definition) is 3. The summed E-state index contributed by atoms with van der Waals surface area (Å²) >= 11 is 12.0. The lowest BCUT2D eigenvalue weighted by molar-refractivity contribution is 0.114. The molecule has 0 aromatic heterocycles. The summed E-state index contributed by atoms with van der Waals surface area (Å²) < 4.78 is 5.52. The molecule has 0 saturated carbocycles. The van der Waals surface area contributed by atoms with E-state index in [1.165, 1.54) is 0 Å². The predicted octanol–water partition coefficient (Wildman–Crippen LogP) is 3.01. The largest absolute Gasteiger partial charge is 0.489 e. The standard InChI is InChI=1S/C17H23Cl2N3O2/c1-2-20-17(22-12-6-3-4-7-12)21-10-13(23)11-24-15-9-5-8-14(18)16(15)19/h3-5,8-9,12-13,23H,2,6-7,10-11H2,1H3,(H2,20,21,22). The van der Waals surface area contributed by atoms with Crippen LogP contribution in [-0.4, -0.2) is 42.9 Å². The van der Waals surface area contributed by atoms with Crippen molar-refractivity contribution in [1.82, 2.24) is 10.6 Å². The minimum atomic E-state index is -0.739. The molecule has 132 valence electrons. The van der Waals surface area contributed by atoms with Crippen LogP contribution in [0, 0.1) is 0 Å². The van der Waals surface area contributed by atoms with Crippen LogP contribution in [0.25, 0.3) is 0 Å². The lowest BCUT2D eigenvalue weighted by atomic mass is 10.2. The maximum atomic E-state index is 10.1. The van der Waals surface area contributed by atoms with Crippen molar-refractivity contribution in [2.24, 2.45) is 4.99 Å². The van der Waals surface area contributed by atoms with Crippen molar-refractivity contribution in [3.63, 3.8) is 0 Å². The number of halogens is 2. The predicted molar refractivity (Wildman–Crippen MR) is 99.2 cm³/mol. The van der Waals surface area contributed by atoms with Gasteiger partial charge in [-0.3, -0.25) is 4.99 Å². The maximum absolute atomic E-state index is 10.1. The van der Waals surface area contributed by atoms with Gasteiger partial charge in [0.2, 0.25) is 0 Å². The fraction of sp³-hybridized carbons (Fsp3) is 0.471. The number of ether oxygens (including phenoxy) is 1. The second-order valence-corrected chi connectivity index (χ2v) is 6.31. The Kier molecular flexibility index (Phi) is 7.69. The van der Waals surface area contributed by atoms with E-state index in [-0.39, 0.29) is 13.2 Å². The molecule has 24 heavy (non-hydrogen) atoms. The van der Waals surface area contributed by atoms with E-state index in [0.717, 1.165) is 19.4 Å². The van der Waals surface area contributed by atoms with Crippen LogP contribution in [0.15, 0.2) is 35.3 Å². The van der Waals surface area contributed by atoms with Gasteiger partial charge in [-0.2, -0.15) is 0 Å². The van der Waals surface area contributed by atoms with E-state index in [4.69, 9.17) is 27.9 Å². The molecule has 1 unspecified atom stereocenters. The summed E-state index contributed by atoms with van der Waals surface area (Å²) in [6.45, 7) is 3.09. The van der Waals surface area contributed by atoms with Gasteiger partial charge in [0.1, 0.15) is 23.5 Å². The highest BCUT2D eigenvalue weighted by atomic mass is 35.5. The Morgan fingerprint density at radius 3 is 2.83 bits per heavy atom. The molecular formula is C17H23Cl2N3O2. The van der Waals surface area contributed by atoms with E-state index in [0.29, 0.717) is 27.8 Å². The van der Waals surface area contributed by atoms with Gasteiger partial charge in [0.25, 0.3) is 0 Å². The van der Waals surface area contributed by atoms with Crippen molar-refractivity contribution in [2.75, 3.05) is 19.7 Å². The zero-order valence-electron chi connectivity index (χ0n) is 13.6. The first kappa shape index (κ1) is 18.9. The highest BCUT2D eigenvalue weighted by Gasteiger charge is 2.13. The van der Waals surface area contributed by atoms with E-state index in [1.807, 2.05) is 6.92 Å². The van der Waals surface area contributed by atoms with Gasteiger partial charge in [-0.25, -0.2) is 0 Å². The molecule has 2 rings (SSSR count). The summed E-state index contributed by atoms with van der Waals surface area (Å²) in [5.41, 5.74) is 0. The molecule has 0 spiro atoms. The Balaban J connectivity index is 1.82. The van der Waals surface area contributed by atoms with Crippen molar-refractivity contribution >= 4 is 29.2 Å². The molecule has 1 aromatic rings. The number of aliphatic imine (C=N–C) groups is 1. The molecule has 0 radical (unpaired) electrons. The molecule has 1 aliphatic rings. The van der Waals surface area contributed by atoms with Gasteiger partial charge < -0.3 is 20.5 Å². The highest BCUT2D eigenvalue weighted by molar-refractivity contribution is 6.42. The van der Waals surface area contributed by atoms with Gasteiger partial charge in [0, 0.05) is 12.6 Å². The molecule has 1 aromatic carbocycles. The average molecular weight is 372 g/mol. The van der Waals surface area contributed by atoms with Gasteiger partial charge in [-0.05, 0) is 31.9 Å². The molecule has 0 heterocycles. The van der Waals surface area contributed by atoms with Crippen molar-refractivity contribution in [2.45, 2.75) is 31.9 Å². The number of hydrogen-bond acceptors (Lipinski definition) is 3. The average Bonchev–Trinajstić information content (AvgIpc) is 3.07. The van der Waals surface area contributed by atoms with E-state index in [2.05, 4.69) is 27.8 Å². The van der Waals surface area contributed by atoms with Crippen LogP contribution in [0.1, 0.15) is 19.8 Å². The van der Waals surface area contributed by atoms with E-state index >= 15 is 0 Å². The third kappa shape index (κ3) is 5.89. The van der Waals surface area contributed by atoms with Crippen molar-refractivity contribution < 1.29 is 9.84 Å². The molecule has 5 nitrogen and oxygen atoms in total. The van der Waals surface area contributed by atoms with Crippen molar-refractivity contribution in [1.29, 1.82) is 0 Å². The SMILES string of the molecule is CCNC(=NCC(O)COc1cccc(Cl)c1Cl)NC1CC=CC1. The summed E-state index contributed by atoms with van der Waals surface area (Å²) in [5, 5.41) is 17.4. The highest BCUT2D eigenvalue weighted by Crippen LogP contribution is 2.31. The normalized spacial score (nSPS) is 16.2. The Labute approximate surface area is 152 Å². The minimum absolute atomic E-state index is 0.0912. The quantitative estimate of drug-likeness (QED) is 0.391. The number of nitrogens with one attached hydrogen (secondary N) is 2. The summed E-state index contributed by atoms with van der Waals surface area (Å²) in [6, 6.07) is 5.50. The number of benzene rings is 1. The second-order valence-electron chi connectivity index (χ2n) is 5.52. The number of guanidine groups is 1. The third-order valence-electron chi connectivity index (χ3n) is 3.50. The zero-order valence-corrected chi connectivity index (χ0v) is 15.1. The molecule has 3 N–H and O–H groups in total. The Hall–Kier alpha value is -1.43.